The van der Waals surface area contributed by atoms with Gasteiger partial charge in [0.1, 0.15) is 10.6 Å². The van der Waals surface area contributed by atoms with Crippen molar-refractivity contribution in [3.8, 4) is 22.9 Å². The molecule has 1 N–H and O–H groups in total. The van der Waals surface area contributed by atoms with E-state index in [1.165, 1.54) is 17.1 Å². The van der Waals surface area contributed by atoms with Crippen molar-refractivity contribution in [2.45, 2.75) is 32.1 Å². The number of carbonyl (C=O) groups is 1. The second-order valence-electron chi connectivity index (χ2n) is 10.1. The number of hydrogen-bond donors (Lipinski definition) is 1. The van der Waals surface area contributed by atoms with E-state index in [0.717, 1.165) is 48.4 Å². The molecule has 0 bridgehead atoms. The maximum absolute atomic E-state index is 13.0. The Labute approximate surface area is 239 Å². The second-order valence-corrected chi connectivity index (χ2v) is 11.8. The summed E-state index contributed by atoms with van der Waals surface area (Å²) in [6.45, 7) is 8.61. The molecule has 0 spiro atoms. The average molecular weight is 576 g/mol. The van der Waals surface area contributed by atoms with E-state index in [9.17, 15) is 13.2 Å². The lowest BCUT2D eigenvalue weighted by Gasteiger charge is -2.23. The quantitative estimate of drug-likeness (QED) is 0.349. The van der Waals surface area contributed by atoms with E-state index in [1.807, 2.05) is 61.2 Å². The van der Waals surface area contributed by atoms with E-state index >= 15 is 0 Å². The van der Waals surface area contributed by atoms with Gasteiger partial charge in [0.2, 0.25) is 17.7 Å². The largest absolute Gasteiger partial charge is 0.439 e. The Hall–Kier alpha value is -4.45. The fraction of sp³-hybridized carbons (Fsp3) is 0.310. The Morgan fingerprint density at radius 2 is 1.71 bits per heavy atom. The highest BCUT2D eigenvalue weighted by molar-refractivity contribution is 7.92. The molecule has 1 amide bonds. The van der Waals surface area contributed by atoms with E-state index in [4.69, 9.17) is 4.74 Å². The van der Waals surface area contributed by atoms with Crippen LogP contribution >= 0.6 is 0 Å². The molecule has 0 unspecified atom stereocenters. The molecule has 1 fully saturated rings. The van der Waals surface area contributed by atoms with Crippen LogP contribution < -0.4 is 14.4 Å². The Kier molecular flexibility index (Phi) is 7.93. The van der Waals surface area contributed by atoms with Crippen LogP contribution in [0.4, 0.5) is 11.6 Å². The maximum Gasteiger partial charge on any atom is 0.267 e. The number of nitrogens with one attached hydrogen (secondary N) is 1. The minimum absolute atomic E-state index is 0.000862. The molecule has 41 heavy (non-hydrogen) atoms. The lowest BCUT2D eigenvalue weighted by atomic mass is 10.00. The van der Waals surface area contributed by atoms with Crippen LogP contribution in [0.2, 0.25) is 0 Å². The Morgan fingerprint density at radius 3 is 2.37 bits per heavy atom. The second kappa shape index (κ2) is 11.6. The van der Waals surface area contributed by atoms with Crippen molar-refractivity contribution >= 4 is 27.6 Å². The summed E-state index contributed by atoms with van der Waals surface area (Å²) in [6.07, 6.45) is 3.56. The van der Waals surface area contributed by atoms with Crippen molar-refractivity contribution in [2.75, 3.05) is 35.8 Å². The van der Waals surface area contributed by atoms with Gasteiger partial charge in [-0.1, -0.05) is 18.2 Å². The zero-order valence-corrected chi connectivity index (χ0v) is 24.4. The third kappa shape index (κ3) is 6.49. The number of carbonyl (C=O) groups excluding carboxylic acids is 1. The van der Waals surface area contributed by atoms with Crippen molar-refractivity contribution in [1.82, 2.24) is 24.6 Å². The summed E-state index contributed by atoms with van der Waals surface area (Å²) in [5.74, 6) is 0.727. The summed E-state index contributed by atoms with van der Waals surface area (Å²) in [7, 11) is -2.33. The number of aromatic nitrogens is 4. The highest BCUT2D eigenvalue weighted by Crippen LogP contribution is 2.31. The fourth-order valence-corrected chi connectivity index (χ4v) is 5.85. The summed E-state index contributed by atoms with van der Waals surface area (Å²) in [5.41, 5.74) is 4.41. The molecule has 12 heteroatoms. The minimum Gasteiger partial charge on any atom is -0.439 e. The van der Waals surface area contributed by atoms with Gasteiger partial charge in [-0.15, -0.1) is 0 Å². The SMILES string of the molecule is CC(=O)N1CCCN(c2ccc(Oc3cc(-c4c(C)cccc4C)nc(NS(=O)(=O)c4cnn(C)c4)n3)cc2)CC1. The van der Waals surface area contributed by atoms with Gasteiger partial charge in [0, 0.05) is 63.7 Å². The van der Waals surface area contributed by atoms with Gasteiger partial charge < -0.3 is 14.5 Å². The first-order valence-electron chi connectivity index (χ1n) is 13.3. The van der Waals surface area contributed by atoms with E-state index in [0.29, 0.717) is 18.0 Å². The molecule has 0 radical (unpaired) electrons. The summed E-state index contributed by atoms with van der Waals surface area (Å²) in [4.78, 5) is 24.8. The molecule has 1 saturated heterocycles. The van der Waals surface area contributed by atoms with Crippen LogP contribution in [-0.2, 0) is 21.9 Å². The molecule has 2 aromatic heterocycles. The van der Waals surface area contributed by atoms with Gasteiger partial charge in [-0.25, -0.2) is 18.1 Å². The molecule has 3 heterocycles. The summed E-state index contributed by atoms with van der Waals surface area (Å²) < 4.78 is 36.1. The van der Waals surface area contributed by atoms with E-state index < -0.39 is 10.0 Å². The van der Waals surface area contributed by atoms with Gasteiger partial charge in [-0.05, 0) is 55.7 Å². The zero-order chi connectivity index (χ0) is 29.1. The predicted octanol–water partition coefficient (Wildman–Crippen LogP) is 4.15. The first-order chi connectivity index (χ1) is 19.6. The van der Waals surface area contributed by atoms with Gasteiger partial charge in [-0.2, -0.15) is 10.1 Å². The number of benzene rings is 2. The van der Waals surface area contributed by atoms with Crippen LogP contribution in [0.5, 0.6) is 11.6 Å². The molecular weight excluding hydrogens is 542 g/mol. The highest BCUT2D eigenvalue weighted by Gasteiger charge is 2.21. The lowest BCUT2D eigenvalue weighted by molar-refractivity contribution is -0.128. The molecular formula is C29H33N7O4S. The minimum atomic E-state index is -3.98. The van der Waals surface area contributed by atoms with Gasteiger partial charge in [0.25, 0.3) is 10.0 Å². The molecule has 11 nitrogen and oxygen atoms in total. The molecule has 0 aliphatic carbocycles. The lowest BCUT2D eigenvalue weighted by Crippen LogP contribution is -2.33. The summed E-state index contributed by atoms with van der Waals surface area (Å²) >= 11 is 0. The first-order valence-corrected chi connectivity index (χ1v) is 14.8. The molecule has 0 atom stereocenters. The molecule has 0 saturated carbocycles. The van der Waals surface area contributed by atoms with Crippen molar-refractivity contribution in [1.29, 1.82) is 0 Å². The van der Waals surface area contributed by atoms with E-state index in [1.54, 1.807) is 20.0 Å². The number of amides is 1. The third-order valence-corrected chi connectivity index (χ3v) is 8.31. The zero-order valence-electron chi connectivity index (χ0n) is 23.5. The van der Waals surface area contributed by atoms with Crippen molar-refractivity contribution in [3.63, 3.8) is 0 Å². The Bertz CT molecular complexity index is 1650. The maximum atomic E-state index is 13.0. The van der Waals surface area contributed by atoms with Gasteiger partial charge in [0.05, 0.1) is 11.9 Å². The third-order valence-electron chi connectivity index (χ3n) is 7.02. The van der Waals surface area contributed by atoms with Crippen LogP contribution in [0, 0.1) is 13.8 Å². The molecule has 1 aliphatic rings. The Balaban J connectivity index is 1.43. The summed E-state index contributed by atoms with van der Waals surface area (Å²) in [5, 5.41) is 3.95. The number of rotatable bonds is 7. The number of ether oxygens (including phenoxy) is 1. The monoisotopic (exact) mass is 575 g/mol. The molecule has 4 aromatic rings. The van der Waals surface area contributed by atoms with Crippen molar-refractivity contribution in [2.24, 2.45) is 7.05 Å². The number of nitrogens with zero attached hydrogens (tertiary/aromatic N) is 6. The van der Waals surface area contributed by atoms with Crippen molar-refractivity contribution < 1.29 is 17.9 Å². The van der Waals surface area contributed by atoms with Crippen LogP contribution in [0.1, 0.15) is 24.5 Å². The molecule has 5 rings (SSSR count). The first kappa shape index (κ1) is 28.1. The van der Waals surface area contributed by atoms with Crippen molar-refractivity contribution in [3.05, 3.63) is 72.1 Å². The normalized spacial score (nSPS) is 14.0. The van der Waals surface area contributed by atoms with E-state index in [-0.39, 0.29) is 22.6 Å². The highest BCUT2D eigenvalue weighted by atomic mass is 32.2. The number of hydrogen-bond acceptors (Lipinski definition) is 8. The van der Waals surface area contributed by atoms with Gasteiger partial charge in [0.15, 0.2) is 0 Å². The number of aryl methyl sites for hydroxylation is 3. The standard InChI is InChI=1S/C29H33N7O4S/c1-20-7-5-8-21(2)28(20)26-17-27(32-29(31-26)33-41(38,39)25-18-30-34(4)19-25)40-24-11-9-23(10-12-24)36-14-6-13-35(15-16-36)22(3)37/h5,7-12,17-19H,6,13-16H2,1-4H3,(H,31,32,33). The topological polar surface area (TPSA) is 123 Å². The molecule has 214 valence electrons. The fourth-order valence-electron chi connectivity index (χ4n) is 4.92. The van der Waals surface area contributed by atoms with Gasteiger partial charge in [-0.3, -0.25) is 9.48 Å². The predicted molar refractivity (Wildman–Crippen MR) is 157 cm³/mol. The summed E-state index contributed by atoms with van der Waals surface area (Å²) in [6, 6.07) is 15.3. The molecule has 2 aromatic carbocycles. The molecule has 1 aliphatic heterocycles. The Morgan fingerprint density at radius 1 is 0.976 bits per heavy atom. The van der Waals surface area contributed by atoms with Crippen LogP contribution in [0.25, 0.3) is 11.3 Å². The van der Waals surface area contributed by atoms with Crippen LogP contribution in [-0.4, -0.2) is 65.2 Å². The smallest absolute Gasteiger partial charge is 0.267 e. The van der Waals surface area contributed by atoms with E-state index in [2.05, 4.69) is 24.7 Å². The average Bonchev–Trinajstić information content (AvgIpc) is 3.21. The number of anilines is 2. The van der Waals surface area contributed by atoms with Crippen LogP contribution in [0.3, 0.4) is 0 Å². The number of sulfonamides is 1. The van der Waals surface area contributed by atoms with Crippen LogP contribution in [0.15, 0.2) is 65.8 Å². The van der Waals surface area contributed by atoms with Gasteiger partial charge >= 0.3 is 0 Å².